The Kier molecular flexibility index (Phi) is 4.40. The molecular formula is C16H22F3N3. The molecular weight excluding hydrogens is 291 g/mol. The van der Waals surface area contributed by atoms with Crippen LogP contribution in [0.15, 0.2) is 29.3 Å². The summed E-state index contributed by atoms with van der Waals surface area (Å²) in [7, 11) is 7.62. The van der Waals surface area contributed by atoms with E-state index in [2.05, 4.69) is 4.99 Å². The zero-order valence-electron chi connectivity index (χ0n) is 13.4. The standard InChI is InChI=1S/C16H22F3N3/c1-21(2)14(22(3)4)20-11-15(8-9-15)12-6-5-7-13(10-12)16(17,18)19/h5-7,10H,8-9,11H2,1-4H3. The first kappa shape index (κ1) is 16.6. The molecule has 1 aliphatic rings. The third kappa shape index (κ3) is 3.54. The van der Waals surface area contributed by atoms with Crippen LogP contribution >= 0.6 is 0 Å². The minimum atomic E-state index is -4.30. The van der Waals surface area contributed by atoms with Gasteiger partial charge in [0, 0.05) is 33.6 Å². The summed E-state index contributed by atoms with van der Waals surface area (Å²) in [6.07, 6.45) is -2.54. The minimum absolute atomic E-state index is 0.238. The molecule has 0 heterocycles. The summed E-state index contributed by atoms with van der Waals surface area (Å²) in [6.45, 7) is 0.514. The highest BCUT2D eigenvalue weighted by molar-refractivity contribution is 5.79. The van der Waals surface area contributed by atoms with Crippen molar-refractivity contribution in [2.24, 2.45) is 4.99 Å². The van der Waals surface area contributed by atoms with E-state index in [0.717, 1.165) is 30.4 Å². The second-order valence-electron chi connectivity index (χ2n) is 6.26. The third-order valence-electron chi connectivity index (χ3n) is 3.98. The summed E-state index contributed by atoms with van der Waals surface area (Å²) in [4.78, 5) is 8.42. The average Bonchev–Trinajstić information content (AvgIpc) is 3.18. The van der Waals surface area contributed by atoms with Crippen molar-refractivity contribution in [1.29, 1.82) is 0 Å². The highest BCUT2D eigenvalue weighted by Gasteiger charge is 2.45. The van der Waals surface area contributed by atoms with Gasteiger partial charge < -0.3 is 9.80 Å². The summed E-state index contributed by atoms with van der Waals surface area (Å²) >= 11 is 0. The van der Waals surface area contributed by atoms with Gasteiger partial charge in [-0.05, 0) is 24.5 Å². The van der Waals surface area contributed by atoms with E-state index < -0.39 is 11.7 Å². The fourth-order valence-electron chi connectivity index (χ4n) is 2.62. The number of guanidine groups is 1. The Morgan fingerprint density at radius 1 is 1.14 bits per heavy atom. The van der Waals surface area contributed by atoms with E-state index in [9.17, 15) is 13.2 Å². The summed E-state index contributed by atoms with van der Waals surface area (Å²) < 4.78 is 38.6. The molecule has 1 saturated carbocycles. The fraction of sp³-hybridized carbons (Fsp3) is 0.562. The van der Waals surface area contributed by atoms with Gasteiger partial charge in [-0.25, -0.2) is 0 Å². The number of halogens is 3. The maximum Gasteiger partial charge on any atom is 0.416 e. The smallest absolute Gasteiger partial charge is 0.349 e. The molecule has 0 spiro atoms. The van der Waals surface area contributed by atoms with Crippen LogP contribution in [0.1, 0.15) is 24.0 Å². The molecule has 0 N–H and O–H groups in total. The highest BCUT2D eigenvalue weighted by Crippen LogP contribution is 2.49. The molecule has 3 nitrogen and oxygen atoms in total. The average molecular weight is 313 g/mol. The zero-order chi connectivity index (χ0) is 16.5. The second kappa shape index (κ2) is 5.82. The molecule has 1 aromatic rings. The lowest BCUT2D eigenvalue weighted by molar-refractivity contribution is -0.137. The van der Waals surface area contributed by atoms with Gasteiger partial charge in [0.05, 0.1) is 12.1 Å². The molecule has 0 unspecified atom stereocenters. The van der Waals surface area contributed by atoms with Crippen LogP contribution in [0.3, 0.4) is 0 Å². The van der Waals surface area contributed by atoms with Crippen LogP contribution in [0, 0.1) is 0 Å². The van der Waals surface area contributed by atoms with Gasteiger partial charge in [0.15, 0.2) is 5.96 Å². The van der Waals surface area contributed by atoms with Crippen molar-refractivity contribution in [3.05, 3.63) is 35.4 Å². The highest BCUT2D eigenvalue weighted by atomic mass is 19.4. The Bertz CT molecular complexity index is 548. The summed E-state index contributed by atoms with van der Waals surface area (Å²) in [5, 5.41) is 0. The van der Waals surface area contributed by atoms with Gasteiger partial charge in [0.25, 0.3) is 0 Å². The Balaban J connectivity index is 2.24. The van der Waals surface area contributed by atoms with Crippen molar-refractivity contribution in [1.82, 2.24) is 9.80 Å². The van der Waals surface area contributed by atoms with Gasteiger partial charge in [0.2, 0.25) is 0 Å². The topological polar surface area (TPSA) is 18.8 Å². The molecule has 0 atom stereocenters. The van der Waals surface area contributed by atoms with Crippen LogP contribution in [0.5, 0.6) is 0 Å². The van der Waals surface area contributed by atoms with Gasteiger partial charge in [-0.15, -0.1) is 0 Å². The fourth-order valence-corrected chi connectivity index (χ4v) is 2.62. The molecule has 0 radical (unpaired) electrons. The first-order valence-corrected chi connectivity index (χ1v) is 7.22. The normalized spacial score (nSPS) is 16.1. The molecule has 0 aliphatic heterocycles. The first-order chi connectivity index (χ1) is 10.2. The van der Waals surface area contributed by atoms with Gasteiger partial charge in [-0.1, -0.05) is 18.2 Å². The van der Waals surface area contributed by atoms with E-state index in [0.29, 0.717) is 6.54 Å². The largest absolute Gasteiger partial charge is 0.416 e. The van der Waals surface area contributed by atoms with Crippen LogP contribution in [-0.2, 0) is 11.6 Å². The monoisotopic (exact) mass is 313 g/mol. The molecule has 22 heavy (non-hydrogen) atoms. The first-order valence-electron chi connectivity index (χ1n) is 7.22. The molecule has 0 aromatic heterocycles. The van der Waals surface area contributed by atoms with Crippen LogP contribution in [-0.4, -0.2) is 50.5 Å². The SMILES string of the molecule is CN(C)C(=NCC1(c2cccc(C(F)(F)F)c2)CC1)N(C)C. The Hall–Kier alpha value is -1.72. The number of nitrogens with zero attached hydrogens (tertiary/aromatic N) is 3. The molecule has 1 aliphatic carbocycles. The van der Waals surface area contributed by atoms with Gasteiger partial charge in [-0.3, -0.25) is 4.99 Å². The third-order valence-corrected chi connectivity index (χ3v) is 3.98. The molecule has 2 rings (SSSR count). The van der Waals surface area contributed by atoms with Crippen molar-refractivity contribution in [2.75, 3.05) is 34.7 Å². The predicted molar refractivity (Wildman–Crippen MR) is 82.0 cm³/mol. The quantitative estimate of drug-likeness (QED) is 0.630. The van der Waals surface area contributed by atoms with Crippen molar-refractivity contribution < 1.29 is 13.2 Å². The Labute approximate surface area is 129 Å². The number of rotatable bonds is 3. The van der Waals surface area contributed by atoms with Gasteiger partial charge in [-0.2, -0.15) is 13.2 Å². The molecule has 0 bridgehead atoms. The maximum atomic E-state index is 12.9. The Morgan fingerprint density at radius 2 is 1.73 bits per heavy atom. The van der Waals surface area contributed by atoms with E-state index in [1.54, 1.807) is 6.07 Å². The number of alkyl halides is 3. The molecule has 1 fully saturated rings. The van der Waals surface area contributed by atoms with Crippen molar-refractivity contribution in [2.45, 2.75) is 24.4 Å². The molecule has 122 valence electrons. The molecule has 1 aromatic carbocycles. The van der Waals surface area contributed by atoms with E-state index in [-0.39, 0.29) is 5.41 Å². The Morgan fingerprint density at radius 3 is 2.18 bits per heavy atom. The number of aliphatic imine (C=N–C) groups is 1. The van der Waals surface area contributed by atoms with Gasteiger partial charge >= 0.3 is 6.18 Å². The van der Waals surface area contributed by atoms with Crippen LogP contribution in [0.2, 0.25) is 0 Å². The van der Waals surface area contributed by atoms with E-state index in [1.807, 2.05) is 38.0 Å². The van der Waals surface area contributed by atoms with Crippen LogP contribution in [0.25, 0.3) is 0 Å². The van der Waals surface area contributed by atoms with Crippen molar-refractivity contribution in [3.8, 4) is 0 Å². The van der Waals surface area contributed by atoms with E-state index in [4.69, 9.17) is 0 Å². The van der Waals surface area contributed by atoms with Crippen molar-refractivity contribution in [3.63, 3.8) is 0 Å². The van der Waals surface area contributed by atoms with E-state index >= 15 is 0 Å². The van der Waals surface area contributed by atoms with Crippen LogP contribution in [0.4, 0.5) is 13.2 Å². The lowest BCUT2D eigenvalue weighted by atomic mass is 9.94. The summed E-state index contributed by atoms with van der Waals surface area (Å²) in [5.41, 5.74) is -0.0814. The van der Waals surface area contributed by atoms with Gasteiger partial charge in [0.1, 0.15) is 0 Å². The molecule has 0 saturated heterocycles. The number of benzene rings is 1. The maximum absolute atomic E-state index is 12.9. The minimum Gasteiger partial charge on any atom is -0.349 e. The van der Waals surface area contributed by atoms with Crippen LogP contribution < -0.4 is 0 Å². The van der Waals surface area contributed by atoms with Crippen molar-refractivity contribution >= 4 is 5.96 Å². The number of hydrogen-bond donors (Lipinski definition) is 0. The second-order valence-corrected chi connectivity index (χ2v) is 6.26. The molecule has 6 heteroatoms. The number of hydrogen-bond acceptors (Lipinski definition) is 1. The predicted octanol–water partition coefficient (Wildman–Crippen LogP) is 3.22. The lowest BCUT2D eigenvalue weighted by Crippen LogP contribution is -2.36. The van der Waals surface area contributed by atoms with E-state index in [1.165, 1.54) is 12.1 Å². The lowest BCUT2D eigenvalue weighted by Gasteiger charge is -2.24. The molecule has 0 amide bonds. The summed E-state index contributed by atoms with van der Waals surface area (Å²) in [5.74, 6) is 0.818. The summed E-state index contributed by atoms with van der Waals surface area (Å²) in [6, 6.07) is 5.66. The zero-order valence-corrected chi connectivity index (χ0v) is 13.4.